The van der Waals surface area contributed by atoms with Gasteiger partial charge in [0.05, 0.1) is 23.1 Å². The van der Waals surface area contributed by atoms with Crippen molar-refractivity contribution in [2.75, 3.05) is 11.5 Å². The largest absolute Gasteiger partial charge is 0.349 e. The first-order valence-corrected chi connectivity index (χ1v) is 7.90. The summed E-state index contributed by atoms with van der Waals surface area (Å²) in [7, 11) is -2.99. The molecule has 3 N–H and O–H groups in total. The van der Waals surface area contributed by atoms with Crippen molar-refractivity contribution in [3.05, 3.63) is 0 Å². The molecule has 0 aromatic rings. The summed E-state index contributed by atoms with van der Waals surface area (Å²) in [6.45, 7) is 1.78. The molecule has 2 aliphatic rings. The highest BCUT2D eigenvalue weighted by Gasteiger charge is 2.40. The highest BCUT2D eigenvalue weighted by molar-refractivity contribution is 7.91. The molecule has 2 fully saturated rings. The Hall–Kier alpha value is -0.620. The molecular formula is C11H20N2O3S. The lowest BCUT2D eigenvalue weighted by Gasteiger charge is -2.25. The summed E-state index contributed by atoms with van der Waals surface area (Å²) in [5, 5.41) is 2.80. The monoisotopic (exact) mass is 260 g/mol. The predicted octanol–water partition coefficient (Wildman–Crippen LogP) is -0.193. The lowest BCUT2D eigenvalue weighted by atomic mass is 10.0. The van der Waals surface area contributed by atoms with E-state index in [0.29, 0.717) is 18.8 Å². The second-order valence-electron chi connectivity index (χ2n) is 5.68. The Balaban J connectivity index is 1.89. The van der Waals surface area contributed by atoms with Crippen molar-refractivity contribution in [1.82, 2.24) is 5.32 Å². The van der Waals surface area contributed by atoms with Gasteiger partial charge in [-0.3, -0.25) is 4.79 Å². The van der Waals surface area contributed by atoms with E-state index in [1.165, 1.54) is 0 Å². The van der Waals surface area contributed by atoms with Crippen molar-refractivity contribution in [2.45, 2.75) is 44.2 Å². The number of nitrogens with one attached hydrogen (secondary N) is 1. The molecule has 1 aliphatic heterocycles. The average Bonchev–Trinajstić information content (AvgIpc) is 2.93. The van der Waals surface area contributed by atoms with Crippen molar-refractivity contribution < 1.29 is 13.2 Å². The minimum absolute atomic E-state index is 0.0297. The molecule has 1 heterocycles. The van der Waals surface area contributed by atoms with Crippen LogP contribution in [-0.2, 0) is 14.6 Å². The molecule has 0 aromatic heterocycles. The van der Waals surface area contributed by atoms with Crippen molar-refractivity contribution in [3.8, 4) is 0 Å². The molecule has 0 aromatic carbocycles. The van der Waals surface area contributed by atoms with Crippen LogP contribution in [0.3, 0.4) is 0 Å². The van der Waals surface area contributed by atoms with Crippen molar-refractivity contribution in [3.63, 3.8) is 0 Å². The summed E-state index contributed by atoms with van der Waals surface area (Å²) in [5.41, 5.74) is 5.17. The zero-order chi connectivity index (χ0) is 12.7. The number of sulfone groups is 1. The first kappa shape index (κ1) is 12.8. The zero-order valence-corrected chi connectivity index (χ0v) is 10.9. The lowest BCUT2D eigenvalue weighted by molar-refractivity contribution is -0.124. The quantitative estimate of drug-likeness (QED) is 0.733. The van der Waals surface area contributed by atoms with Crippen LogP contribution in [0.5, 0.6) is 0 Å². The van der Waals surface area contributed by atoms with Gasteiger partial charge in [-0.1, -0.05) is 12.8 Å². The summed E-state index contributed by atoms with van der Waals surface area (Å²) in [6, 6.07) is -0.498. The van der Waals surface area contributed by atoms with Crippen LogP contribution < -0.4 is 11.1 Å². The Morgan fingerprint density at radius 3 is 2.65 bits per heavy atom. The number of carbonyl (C=O) groups excluding carboxylic acids is 1. The van der Waals surface area contributed by atoms with Crippen LogP contribution in [0.4, 0.5) is 0 Å². The fraction of sp³-hybridized carbons (Fsp3) is 0.909. The maximum atomic E-state index is 11.8. The SMILES string of the molecule is CC1(NC(=O)C(N)CC2CC2)CCS(=O)(=O)C1. The number of carbonyl (C=O) groups is 1. The number of nitrogens with two attached hydrogens (primary N) is 1. The molecule has 2 atom stereocenters. The minimum Gasteiger partial charge on any atom is -0.349 e. The van der Waals surface area contributed by atoms with Crippen LogP contribution in [0.1, 0.15) is 32.6 Å². The van der Waals surface area contributed by atoms with E-state index in [4.69, 9.17) is 5.73 Å². The summed E-state index contributed by atoms with van der Waals surface area (Å²) >= 11 is 0. The fourth-order valence-electron chi connectivity index (χ4n) is 2.32. The van der Waals surface area contributed by atoms with E-state index in [-0.39, 0.29) is 17.4 Å². The van der Waals surface area contributed by atoms with E-state index >= 15 is 0 Å². The zero-order valence-electron chi connectivity index (χ0n) is 10.1. The Bertz CT molecular complexity index is 416. The lowest BCUT2D eigenvalue weighted by Crippen LogP contribution is -2.52. The Kier molecular flexibility index (Phi) is 3.20. The number of hydrogen-bond acceptors (Lipinski definition) is 4. The molecule has 0 bridgehead atoms. The van der Waals surface area contributed by atoms with Gasteiger partial charge in [0, 0.05) is 0 Å². The third kappa shape index (κ3) is 3.42. The first-order valence-electron chi connectivity index (χ1n) is 6.08. The second-order valence-corrected chi connectivity index (χ2v) is 7.86. The molecule has 98 valence electrons. The topological polar surface area (TPSA) is 89.3 Å². The van der Waals surface area contributed by atoms with E-state index in [1.54, 1.807) is 6.92 Å². The van der Waals surface area contributed by atoms with E-state index in [2.05, 4.69) is 5.32 Å². The van der Waals surface area contributed by atoms with Crippen LogP contribution in [0.2, 0.25) is 0 Å². The van der Waals surface area contributed by atoms with Gasteiger partial charge >= 0.3 is 0 Å². The molecular weight excluding hydrogens is 240 g/mol. The Morgan fingerprint density at radius 2 is 2.18 bits per heavy atom. The van der Waals surface area contributed by atoms with Crippen molar-refractivity contribution in [1.29, 1.82) is 0 Å². The Labute approximate surface area is 102 Å². The summed E-state index contributed by atoms with van der Waals surface area (Å²) < 4.78 is 22.8. The van der Waals surface area contributed by atoms with Crippen molar-refractivity contribution >= 4 is 15.7 Å². The van der Waals surface area contributed by atoms with Crippen LogP contribution in [0, 0.1) is 5.92 Å². The highest BCUT2D eigenvalue weighted by atomic mass is 32.2. The van der Waals surface area contributed by atoms with Crippen LogP contribution in [-0.4, -0.2) is 37.4 Å². The second kappa shape index (κ2) is 4.24. The summed E-state index contributed by atoms with van der Waals surface area (Å²) in [6.07, 6.45) is 3.52. The maximum Gasteiger partial charge on any atom is 0.237 e. The van der Waals surface area contributed by atoms with Gasteiger partial charge < -0.3 is 11.1 Å². The van der Waals surface area contributed by atoms with Gasteiger partial charge in [0.25, 0.3) is 0 Å². The van der Waals surface area contributed by atoms with Gasteiger partial charge in [0.15, 0.2) is 9.84 Å². The van der Waals surface area contributed by atoms with Crippen molar-refractivity contribution in [2.24, 2.45) is 11.7 Å². The van der Waals surface area contributed by atoms with Gasteiger partial charge in [0.1, 0.15) is 0 Å². The molecule has 1 amide bonds. The molecule has 1 aliphatic carbocycles. The fourth-order valence-corrected chi connectivity index (χ4v) is 4.41. The molecule has 2 unspecified atom stereocenters. The maximum absolute atomic E-state index is 11.8. The highest BCUT2D eigenvalue weighted by Crippen LogP contribution is 2.33. The standard InChI is InChI=1S/C11H20N2O3S/c1-11(4-5-17(15,16)7-11)13-10(14)9(12)6-8-2-3-8/h8-9H,2-7,12H2,1H3,(H,13,14). The van der Waals surface area contributed by atoms with Gasteiger partial charge in [0.2, 0.25) is 5.91 Å². The number of rotatable bonds is 4. The molecule has 6 heteroatoms. The van der Waals surface area contributed by atoms with E-state index in [0.717, 1.165) is 12.8 Å². The third-order valence-corrected chi connectivity index (χ3v) is 5.45. The molecule has 2 rings (SSSR count). The van der Waals surface area contributed by atoms with Crippen LogP contribution in [0.15, 0.2) is 0 Å². The smallest absolute Gasteiger partial charge is 0.237 e. The first-order chi connectivity index (χ1) is 7.80. The minimum atomic E-state index is -2.99. The molecule has 1 saturated heterocycles. The molecule has 17 heavy (non-hydrogen) atoms. The third-order valence-electron chi connectivity index (χ3n) is 3.55. The number of hydrogen-bond donors (Lipinski definition) is 2. The normalized spacial score (nSPS) is 33.3. The number of amides is 1. The summed E-state index contributed by atoms with van der Waals surface area (Å²) in [4.78, 5) is 11.8. The van der Waals surface area contributed by atoms with Gasteiger partial charge in [-0.2, -0.15) is 0 Å². The van der Waals surface area contributed by atoms with Gasteiger partial charge in [-0.15, -0.1) is 0 Å². The average molecular weight is 260 g/mol. The molecule has 5 nitrogen and oxygen atoms in total. The molecule has 0 radical (unpaired) electrons. The molecule has 1 saturated carbocycles. The predicted molar refractivity (Wildman–Crippen MR) is 65.1 cm³/mol. The summed E-state index contributed by atoms with van der Waals surface area (Å²) in [5.74, 6) is 0.566. The van der Waals surface area contributed by atoms with E-state index in [1.807, 2.05) is 0 Å². The van der Waals surface area contributed by atoms with Gasteiger partial charge in [-0.25, -0.2) is 8.42 Å². The van der Waals surface area contributed by atoms with E-state index < -0.39 is 21.4 Å². The van der Waals surface area contributed by atoms with Crippen LogP contribution in [0.25, 0.3) is 0 Å². The Morgan fingerprint density at radius 1 is 1.53 bits per heavy atom. The van der Waals surface area contributed by atoms with Crippen LogP contribution >= 0.6 is 0 Å². The molecule has 0 spiro atoms. The van der Waals surface area contributed by atoms with E-state index in [9.17, 15) is 13.2 Å². The van der Waals surface area contributed by atoms with Gasteiger partial charge in [-0.05, 0) is 25.7 Å².